The van der Waals surface area contributed by atoms with Crippen LogP contribution in [0.1, 0.15) is 25.5 Å². The maximum Gasteiger partial charge on any atom is 0.238 e. The highest BCUT2D eigenvalue weighted by molar-refractivity contribution is 5.92. The molecule has 2 aromatic rings. The third kappa shape index (κ3) is 4.80. The number of ether oxygens (including phenoxy) is 1. The third-order valence-electron chi connectivity index (χ3n) is 4.03. The summed E-state index contributed by atoms with van der Waals surface area (Å²) in [5.41, 5.74) is 1.71. The molecule has 0 saturated carbocycles. The van der Waals surface area contributed by atoms with Gasteiger partial charge in [-0.3, -0.25) is 9.69 Å². The van der Waals surface area contributed by atoms with Crippen LogP contribution in [-0.4, -0.2) is 31.0 Å². The molecule has 0 aliphatic carbocycles. The van der Waals surface area contributed by atoms with Gasteiger partial charge in [-0.15, -0.1) is 0 Å². The topological polar surface area (TPSA) is 41.6 Å². The van der Waals surface area contributed by atoms with Crippen LogP contribution < -0.4 is 10.1 Å². The van der Waals surface area contributed by atoms with Gasteiger partial charge in [0.15, 0.2) is 0 Å². The standard InChI is InChI=1S/C19H23FN2O2/c1-4-22(14(2)15-5-7-16(20)8-6-15)13-19(23)21-17-9-11-18(24-3)12-10-17/h5-12,14H,4,13H2,1-3H3,(H,21,23)/t14-/m1/s1. The SMILES string of the molecule is CCN(CC(=O)Nc1ccc(OC)cc1)[C@H](C)c1ccc(F)cc1. The largest absolute Gasteiger partial charge is 0.497 e. The Morgan fingerprint density at radius 1 is 1.17 bits per heavy atom. The van der Waals surface area contributed by atoms with Gasteiger partial charge in [0.05, 0.1) is 13.7 Å². The van der Waals surface area contributed by atoms with Gasteiger partial charge in [0, 0.05) is 11.7 Å². The number of nitrogens with zero attached hydrogens (tertiary/aromatic N) is 1. The minimum Gasteiger partial charge on any atom is -0.497 e. The van der Waals surface area contributed by atoms with Gasteiger partial charge in [0.1, 0.15) is 11.6 Å². The van der Waals surface area contributed by atoms with E-state index in [-0.39, 0.29) is 24.3 Å². The molecule has 0 aromatic heterocycles. The maximum atomic E-state index is 13.1. The predicted molar refractivity (Wildman–Crippen MR) is 93.7 cm³/mol. The van der Waals surface area contributed by atoms with Crippen molar-refractivity contribution < 1.29 is 13.9 Å². The molecule has 0 spiro atoms. The number of carbonyl (C=O) groups excluding carboxylic acids is 1. The molecule has 4 nitrogen and oxygen atoms in total. The lowest BCUT2D eigenvalue weighted by molar-refractivity contribution is -0.117. The second kappa shape index (κ2) is 8.45. The molecule has 0 saturated heterocycles. The molecule has 0 aliphatic heterocycles. The second-order valence-electron chi connectivity index (χ2n) is 5.57. The lowest BCUT2D eigenvalue weighted by Gasteiger charge is -2.27. The summed E-state index contributed by atoms with van der Waals surface area (Å²) in [6, 6.07) is 13.6. The summed E-state index contributed by atoms with van der Waals surface area (Å²) in [5.74, 6) is 0.398. The molecular formula is C19H23FN2O2. The molecule has 1 amide bonds. The number of carbonyl (C=O) groups is 1. The van der Waals surface area contributed by atoms with Gasteiger partial charge in [-0.1, -0.05) is 19.1 Å². The van der Waals surface area contributed by atoms with Crippen LogP contribution in [0.3, 0.4) is 0 Å². The van der Waals surface area contributed by atoms with E-state index in [0.29, 0.717) is 6.54 Å². The van der Waals surface area contributed by atoms with Crippen LogP contribution in [-0.2, 0) is 4.79 Å². The molecule has 0 radical (unpaired) electrons. The van der Waals surface area contributed by atoms with E-state index in [0.717, 1.165) is 17.0 Å². The highest BCUT2D eigenvalue weighted by Crippen LogP contribution is 2.20. The first-order valence-electron chi connectivity index (χ1n) is 7.97. The van der Waals surface area contributed by atoms with Gasteiger partial charge >= 0.3 is 0 Å². The van der Waals surface area contributed by atoms with E-state index in [9.17, 15) is 9.18 Å². The average Bonchev–Trinajstić information content (AvgIpc) is 2.60. The first-order chi connectivity index (χ1) is 11.5. The summed E-state index contributed by atoms with van der Waals surface area (Å²) < 4.78 is 18.2. The fraction of sp³-hybridized carbons (Fsp3) is 0.316. The normalized spacial score (nSPS) is 12.0. The van der Waals surface area contributed by atoms with E-state index in [2.05, 4.69) is 5.32 Å². The second-order valence-corrected chi connectivity index (χ2v) is 5.57. The Morgan fingerprint density at radius 2 is 1.79 bits per heavy atom. The number of likely N-dealkylation sites (N-methyl/N-ethyl adjacent to an activating group) is 1. The zero-order chi connectivity index (χ0) is 17.5. The summed E-state index contributed by atoms with van der Waals surface area (Å²) >= 11 is 0. The molecular weight excluding hydrogens is 307 g/mol. The molecule has 5 heteroatoms. The first-order valence-corrected chi connectivity index (χ1v) is 7.97. The smallest absolute Gasteiger partial charge is 0.238 e. The number of anilines is 1. The van der Waals surface area contributed by atoms with Gasteiger partial charge < -0.3 is 10.1 Å². The van der Waals surface area contributed by atoms with Crippen molar-refractivity contribution in [3.8, 4) is 5.75 Å². The van der Waals surface area contributed by atoms with Crippen molar-refractivity contribution >= 4 is 11.6 Å². The molecule has 0 fully saturated rings. The fourth-order valence-corrected chi connectivity index (χ4v) is 2.53. The number of hydrogen-bond acceptors (Lipinski definition) is 3. The van der Waals surface area contributed by atoms with E-state index < -0.39 is 0 Å². The van der Waals surface area contributed by atoms with Crippen LogP contribution in [0.5, 0.6) is 5.75 Å². The minimum atomic E-state index is -0.258. The van der Waals surface area contributed by atoms with E-state index in [1.54, 1.807) is 43.5 Å². The van der Waals surface area contributed by atoms with E-state index in [1.165, 1.54) is 12.1 Å². The van der Waals surface area contributed by atoms with Gasteiger partial charge in [-0.25, -0.2) is 4.39 Å². The quantitative estimate of drug-likeness (QED) is 0.838. The number of halogens is 1. The zero-order valence-electron chi connectivity index (χ0n) is 14.3. The monoisotopic (exact) mass is 330 g/mol. The zero-order valence-corrected chi connectivity index (χ0v) is 14.3. The summed E-state index contributed by atoms with van der Waals surface area (Å²) in [5, 5.41) is 2.88. The molecule has 2 aromatic carbocycles. The molecule has 0 heterocycles. The van der Waals surface area contributed by atoms with Crippen molar-refractivity contribution in [1.29, 1.82) is 0 Å². The van der Waals surface area contributed by atoms with Crippen molar-refractivity contribution in [3.05, 3.63) is 59.9 Å². The van der Waals surface area contributed by atoms with Gasteiger partial charge in [0.25, 0.3) is 0 Å². The average molecular weight is 330 g/mol. The summed E-state index contributed by atoms with van der Waals surface area (Å²) in [6.07, 6.45) is 0. The van der Waals surface area contributed by atoms with Crippen LogP contribution in [0.15, 0.2) is 48.5 Å². The Labute approximate surface area is 142 Å². The van der Waals surface area contributed by atoms with Crippen LogP contribution in [0.25, 0.3) is 0 Å². The minimum absolute atomic E-state index is 0.0252. The Balaban J connectivity index is 1.97. The van der Waals surface area contributed by atoms with Gasteiger partial charge in [-0.05, 0) is 55.4 Å². The van der Waals surface area contributed by atoms with E-state index in [1.807, 2.05) is 18.7 Å². The van der Waals surface area contributed by atoms with Crippen molar-refractivity contribution in [1.82, 2.24) is 4.90 Å². The Morgan fingerprint density at radius 3 is 2.33 bits per heavy atom. The molecule has 0 aliphatic rings. The molecule has 128 valence electrons. The molecule has 1 N–H and O–H groups in total. The van der Waals surface area contributed by atoms with Crippen LogP contribution in [0.4, 0.5) is 10.1 Å². The molecule has 0 bridgehead atoms. The number of rotatable bonds is 7. The lowest BCUT2D eigenvalue weighted by atomic mass is 10.1. The lowest BCUT2D eigenvalue weighted by Crippen LogP contribution is -2.35. The fourth-order valence-electron chi connectivity index (χ4n) is 2.53. The summed E-state index contributed by atoms with van der Waals surface area (Å²) in [6.45, 7) is 4.99. The Hall–Kier alpha value is -2.40. The predicted octanol–water partition coefficient (Wildman–Crippen LogP) is 3.86. The van der Waals surface area contributed by atoms with E-state index in [4.69, 9.17) is 4.74 Å². The molecule has 1 atom stereocenters. The van der Waals surface area contributed by atoms with Crippen molar-refractivity contribution in [2.24, 2.45) is 0 Å². The highest BCUT2D eigenvalue weighted by atomic mass is 19.1. The number of nitrogens with one attached hydrogen (secondary N) is 1. The van der Waals surface area contributed by atoms with Gasteiger partial charge in [-0.2, -0.15) is 0 Å². The van der Waals surface area contributed by atoms with Gasteiger partial charge in [0.2, 0.25) is 5.91 Å². The summed E-state index contributed by atoms with van der Waals surface area (Å²) in [7, 11) is 1.60. The van der Waals surface area contributed by atoms with Crippen molar-refractivity contribution in [2.75, 3.05) is 25.5 Å². The number of amides is 1. The Kier molecular flexibility index (Phi) is 6.32. The number of hydrogen-bond donors (Lipinski definition) is 1. The molecule has 2 rings (SSSR count). The van der Waals surface area contributed by atoms with Crippen molar-refractivity contribution in [2.45, 2.75) is 19.9 Å². The summed E-state index contributed by atoms with van der Waals surface area (Å²) in [4.78, 5) is 14.3. The number of benzene rings is 2. The van der Waals surface area contributed by atoms with E-state index >= 15 is 0 Å². The third-order valence-corrected chi connectivity index (χ3v) is 4.03. The van der Waals surface area contributed by atoms with Crippen molar-refractivity contribution in [3.63, 3.8) is 0 Å². The van der Waals surface area contributed by atoms with Crippen LogP contribution in [0.2, 0.25) is 0 Å². The van der Waals surface area contributed by atoms with Crippen LogP contribution in [0, 0.1) is 5.82 Å². The molecule has 0 unspecified atom stereocenters. The maximum absolute atomic E-state index is 13.1. The first kappa shape index (κ1) is 17.9. The van der Waals surface area contributed by atoms with Crippen LogP contribution >= 0.6 is 0 Å². The highest BCUT2D eigenvalue weighted by Gasteiger charge is 2.17. The number of methoxy groups -OCH3 is 1. The molecule has 24 heavy (non-hydrogen) atoms. The Bertz CT molecular complexity index is 656.